The normalized spacial score (nSPS) is 11.6. The van der Waals surface area contributed by atoms with Gasteiger partial charge in [-0.1, -0.05) is 23.2 Å². The molecule has 0 saturated carbocycles. The predicted molar refractivity (Wildman–Crippen MR) is 121 cm³/mol. The topological polar surface area (TPSA) is 101 Å². The molecule has 7 nitrogen and oxygen atoms in total. The van der Waals surface area contributed by atoms with E-state index in [1.165, 1.54) is 12.1 Å². The summed E-state index contributed by atoms with van der Waals surface area (Å²) >= 11 is 12.1. The zero-order chi connectivity index (χ0) is 22.6. The van der Waals surface area contributed by atoms with Crippen molar-refractivity contribution in [2.45, 2.75) is 37.6 Å². The number of hydrogen-bond acceptors (Lipinski definition) is 5. The third-order valence-electron chi connectivity index (χ3n) is 4.16. The minimum absolute atomic E-state index is 0.132. The van der Waals surface area contributed by atoms with Crippen molar-refractivity contribution in [3.63, 3.8) is 0 Å². The first kappa shape index (κ1) is 23.3. The van der Waals surface area contributed by atoms with E-state index in [1.54, 1.807) is 50.4 Å². The first-order chi connectivity index (χ1) is 14.6. The number of amides is 1. The summed E-state index contributed by atoms with van der Waals surface area (Å²) < 4.78 is 32.5. The largest absolute Gasteiger partial charge is 0.441 e. The number of hydrogen-bond donors (Lipinski definition) is 2. The lowest BCUT2D eigenvalue weighted by molar-refractivity contribution is -0.116. The molecule has 0 atom stereocenters. The molecule has 2 aromatic carbocycles. The Morgan fingerprint density at radius 3 is 2.48 bits per heavy atom. The fraction of sp³-hybridized carbons (Fsp3) is 0.238. The van der Waals surface area contributed by atoms with Gasteiger partial charge in [-0.05, 0) is 56.3 Å². The van der Waals surface area contributed by atoms with Crippen LogP contribution in [0.3, 0.4) is 0 Å². The predicted octanol–water partition coefficient (Wildman–Crippen LogP) is 4.91. The Bertz CT molecular complexity index is 1180. The molecule has 31 heavy (non-hydrogen) atoms. The number of aryl methyl sites for hydroxylation is 1. The maximum absolute atomic E-state index is 12.2. The average Bonchev–Trinajstić information content (AvgIpc) is 3.14. The van der Waals surface area contributed by atoms with Crippen LogP contribution in [0.15, 0.2) is 58.0 Å². The molecular weight excluding hydrogens is 461 g/mol. The summed E-state index contributed by atoms with van der Waals surface area (Å²) in [7, 11) is -3.58. The van der Waals surface area contributed by atoms with Crippen LogP contribution in [0.25, 0.3) is 11.3 Å². The number of oxazole rings is 1. The summed E-state index contributed by atoms with van der Waals surface area (Å²) in [4.78, 5) is 16.6. The van der Waals surface area contributed by atoms with Gasteiger partial charge in [0.05, 0.1) is 16.1 Å². The molecule has 3 rings (SSSR count). The molecule has 0 saturated heterocycles. The lowest BCUT2D eigenvalue weighted by atomic mass is 10.2. The van der Waals surface area contributed by atoms with Crippen LogP contribution in [0.1, 0.15) is 26.2 Å². The van der Waals surface area contributed by atoms with Crippen LogP contribution in [-0.2, 0) is 21.2 Å². The number of carbonyl (C=O) groups excluding carboxylic acids is 1. The molecule has 0 radical (unpaired) electrons. The molecule has 0 aliphatic heterocycles. The minimum Gasteiger partial charge on any atom is -0.441 e. The second-order valence-corrected chi connectivity index (χ2v) is 9.65. The highest BCUT2D eigenvalue weighted by Crippen LogP contribution is 2.30. The standard InChI is InChI=1S/C21H21Cl2N3O4S/c1-13(2)26-31(28,29)16-6-4-15(5-7-16)25-20(27)9-10-21-24-12-19(30-21)17-8-3-14(22)11-18(17)23/h3-8,11-13,26H,9-10H2,1-2H3,(H,25,27). The van der Waals surface area contributed by atoms with Crippen molar-refractivity contribution in [3.8, 4) is 11.3 Å². The van der Waals surface area contributed by atoms with E-state index in [2.05, 4.69) is 15.0 Å². The Balaban J connectivity index is 1.57. The number of nitrogens with one attached hydrogen (secondary N) is 2. The van der Waals surface area contributed by atoms with Gasteiger partial charge in [0.25, 0.3) is 0 Å². The number of nitrogens with zero attached hydrogens (tertiary/aromatic N) is 1. The highest BCUT2D eigenvalue weighted by atomic mass is 35.5. The van der Waals surface area contributed by atoms with Crippen molar-refractivity contribution in [3.05, 3.63) is 64.6 Å². The van der Waals surface area contributed by atoms with Crippen LogP contribution < -0.4 is 10.0 Å². The van der Waals surface area contributed by atoms with Crippen LogP contribution in [-0.4, -0.2) is 25.4 Å². The molecule has 0 aliphatic carbocycles. The molecule has 1 amide bonds. The Morgan fingerprint density at radius 2 is 1.84 bits per heavy atom. The monoisotopic (exact) mass is 481 g/mol. The Morgan fingerprint density at radius 1 is 1.13 bits per heavy atom. The van der Waals surface area contributed by atoms with Gasteiger partial charge < -0.3 is 9.73 Å². The molecule has 0 bridgehead atoms. The molecule has 0 spiro atoms. The molecular formula is C21H21Cl2N3O4S. The van der Waals surface area contributed by atoms with Gasteiger partial charge in [-0.15, -0.1) is 0 Å². The third kappa shape index (κ3) is 6.30. The van der Waals surface area contributed by atoms with E-state index in [9.17, 15) is 13.2 Å². The highest BCUT2D eigenvalue weighted by molar-refractivity contribution is 7.89. The van der Waals surface area contributed by atoms with Crippen molar-refractivity contribution in [2.24, 2.45) is 0 Å². The van der Waals surface area contributed by atoms with Crippen molar-refractivity contribution in [2.75, 3.05) is 5.32 Å². The molecule has 3 aromatic rings. The van der Waals surface area contributed by atoms with Gasteiger partial charge >= 0.3 is 0 Å². The van der Waals surface area contributed by atoms with E-state index in [1.807, 2.05) is 0 Å². The zero-order valence-corrected chi connectivity index (χ0v) is 19.2. The van der Waals surface area contributed by atoms with Crippen LogP contribution in [0.2, 0.25) is 10.0 Å². The number of carbonyl (C=O) groups is 1. The van der Waals surface area contributed by atoms with Crippen LogP contribution in [0.4, 0.5) is 5.69 Å². The molecule has 1 heterocycles. The van der Waals surface area contributed by atoms with E-state index < -0.39 is 10.0 Å². The minimum atomic E-state index is -3.58. The van der Waals surface area contributed by atoms with Crippen LogP contribution in [0, 0.1) is 0 Å². The number of halogens is 2. The Kier molecular flexibility index (Phi) is 7.38. The SMILES string of the molecule is CC(C)NS(=O)(=O)c1ccc(NC(=O)CCc2ncc(-c3ccc(Cl)cc3Cl)o2)cc1. The Labute approximate surface area is 190 Å². The lowest BCUT2D eigenvalue weighted by Crippen LogP contribution is -2.30. The number of anilines is 1. The smallest absolute Gasteiger partial charge is 0.240 e. The fourth-order valence-electron chi connectivity index (χ4n) is 2.78. The molecule has 2 N–H and O–H groups in total. The van der Waals surface area contributed by atoms with Crippen molar-refractivity contribution < 1.29 is 17.6 Å². The highest BCUT2D eigenvalue weighted by Gasteiger charge is 2.16. The van der Waals surface area contributed by atoms with E-state index in [0.717, 1.165) is 0 Å². The molecule has 0 unspecified atom stereocenters. The summed E-state index contributed by atoms with van der Waals surface area (Å²) in [5.41, 5.74) is 1.16. The van der Waals surface area contributed by atoms with Crippen molar-refractivity contribution in [1.82, 2.24) is 9.71 Å². The molecule has 164 valence electrons. The van der Waals surface area contributed by atoms with E-state index in [-0.39, 0.29) is 23.3 Å². The summed E-state index contributed by atoms with van der Waals surface area (Å²) in [6.45, 7) is 3.49. The van der Waals surface area contributed by atoms with Gasteiger partial charge in [0.15, 0.2) is 11.7 Å². The maximum atomic E-state index is 12.2. The fourth-order valence-corrected chi connectivity index (χ4v) is 4.53. The molecule has 10 heteroatoms. The number of benzene rings is 2. The number of aromatic nitrogens is 1. The van der Waals surface area contributed by atoms with Crippen LogP contribution in [0.5, 0.6) is 0 Å². The quantitative estimate of drug-likeness (QED) is 0.475. The second kappa shape index (κ2) is 9.82. The van der Waals surface area contributed by atoms with Gasteiger partial charge in [-0.25, -0.2) is 18.1 Å². The summed E-state index contributed by atoms with van der Waals surface area (Å²) in [6.07, 6.45) is 1.98. The van der Waals surface area contributed by atoms with Gasteiger partial charge in [0, 0.05) is 35.2 Å². The number of rotatable bonds is 8. The molecule has 1 aromatic heterocycles. The van der Waals surface area contributed by atoms with Gasteiger partial charge in [-0.3, -0.25) is 4.79 Å². The van der Waals surface area contributed by atoms with Crippen LogP contribution >= 0.6 is 23.2 Å². The van der Waals surface area contributed by atoms with E-state index >= 15 is 0 Å². The lowest BCUT2D eigenvalue weighted by Gasteiger charge is -2.10. The average molecular weight is 482 g/mol. The number of sulfonamides is 1. The molecule has 0 aliphatic rings. The van der Waals surface area contributed by atoms with Crippen molar-refractivity contribution >= 4 is 44.8 Å². The molecule has 0 fully saturated rings. The maximum Gasteiger partial charge on any atom is 0.240 e. The van der Waals surface area contributed by atoms with E-state index in [0.29, 0.717) is 39.4 Å². The summed E-state index contributed by atoms with van der Waals surface area (Å²) in [6, 6.07) is 10.8. The zero-order valence-electron chi connectivity index (χ0n) is 16.9. The summed E-state index contributed by atoms with van der Waals surface area (Å²) in [5.74, 6) is 0.640. The third-order valence-corrected chi connectivity index (χ3v) is 6.38. The first-order valence-corrected chi connectivity index (χ1v) is 11.7. The second-order valence-electron chi connectivity index (χ2n) is 7.09. The Hall–Kier alpha value is -2.39. The van der Waals surface area contributed by atoms with Crippen molar-refractivity contribution in [1.29, 1.82) is 0 Å². The first-order valence-electron chi connectivity index (χ1n) is 9.46. The van der Waals surface area contributed by atoms with E-state index in [4.69, 9.17) is 27.6 Å². The van der Waals surface area contributed by atoms with Gasteiger partial charge in [0.2, 0.25) is 15.9 Å². The van der Waals surface area contributed by atoms with Gasteiger partial charge in [0.1, 0.15) is 0 Å². The summed E-state index contributed by atoms with van der Waals surface area (Å²) in [5, 5.41) is 3.69. The van der Waals surface area contributed by atoms with Gasteiger partial charge in [-0.2, -0.15) is 0 Å².